The summed E-state index contributed by atoms with van der Waals surface area (Å²) in [5, 5.41) is 5.73. The summed E-state index contributed by atoms with van der Waals surface area (Å²) in [5.74, 6) is 0. The van der Waals surface area contributed by atoms with Gasteiger partial charge < -0.3 is 5.32 Å². The van der Waals surface area contributed by atoms with E-state index in [1.165, 1.54) is 20.5 Å². The predicted molar refractivity (Wildman–Crippen MR) is 93.4 cm³/mol. The fourth-order valence-corrected chi connectivity index (χ4v) is 3.95. The van der Waals surface area contributed by atoms with Gasteiger partial charge in [0.25, 0.3) is 0 Å². The van der Waals surface area contributed by atoms with Crippen LogP contribution in [0.15, 0.2) is 54.6 Å². The SMILES string of the molecule is CCNC(Cc1cccc(Cl)c1)c1cc2ccccc2s1. The van der Waals surface area contributed by atoms with Gasteiger partial charge in [0.05, 0.1) is 0 Å². The minimum absolute atomic E-state index is 0.339. The molecular formula is C18H18ClNS. The van der Waals surface area contributed by atoms with Gasteiger partial charge in [-0.25, -0.2) is 0 Å². The highest BCUT2D eigenvalue weighted by molar-refractivity contribution is 7.19. The standard InChI is InChI=1S/C18H18ClNS/c1-2-20-16(11-13-6-5-8-15(19)10-13)18-12-14-7-3-4-9-17(14)21-18/h3-10,12,16,20H,2,11H2,1H3. The first kappa shape index (κ1) is 14.6. The van der Waals surface area contributed by atoms with Gasteiger partial charge in [-0.15, -0.1) is 11.3 Å². The number of hydrogen-bond donors (Lipinski definition) is 1. The molecule has 0 bridgehead atoms. The van der Waals surface area contributed by atoms with Crippen molar-refractivity contribution in [1.29, 1.82) is 0 Å². The molecule has 1 N–H and O–H groups in total. The van der Waals surface area contributed by atoms with Crippen molar-refractivity contribution in [2.24, 2.45) is 0 Å². The molecule has 1 aromatic heterocycles. The number of fused-ring (bicyclic) bond motifs is 1. The zero-order valence-electron chi connectivity index (χ0n) is 12.0. The molecule has 0 amide bonds. The Labute approximate surface area is 134 Å². The Morgan fingerprint density at radius 2 is 1.95 bits per heavy atom. The third-order valence-electron chi connectivity index (χ3n) is 3.57. The van der Waals surface area contributed by atoms with Gasteiger partial charge in [0.2, 0.25) is 0 Å². The lowest BCUT2D eigenvalue weighted by atomic mass is 10.0. The number of nitrogens with one attached hydrogen (secondary N) is 1. The van der Waals surface area contributed by atoms with Gasteiger partial charge in [-0.3, -0.25) is 0 Å². The molecule has 0 aliphatic rings. The molecule has 3 aromatic rings. The molecule has 0 aliphatic heterocycles. The third-order valence-corrected chi connectivity index (χ3v) is 5.03. The van der Waals surface area contributed by atoms with Crippen molar-refractivity contribution in [2.75, 3.05) is 6.54 Å². The number of benzene rings is 2. The van der Waals surface area contributed by atoms with E-state index in [1.54, 1.807) is 0 Å². The van der Waals surface area contributed by atoms with Gasteiger partial charge in [0, 0.05) is 20.6 Å². The summed E-state index contributed by atoms with van der Waals surface area (Å²) in [4.78, 5) is 1.39. The maximum atomic E-state index is 6.10. The van der Waals surface area contributed by atoms with Crippen LogP contribution in [-0.2, 0) is 6.42 Å². The van der Waals surface area contributed by atoms with Crippen molar-refractivity contribution in [1.82, 2.24) is 5.32 Å². The molecule has 0 fully saturated rings. The number of halogens is 1. The summed E-state index contributed by atoms with van der Waals surface area (Å²) in [7, 11) is 0. The first-order valence-corrected chi connectivity index (χ1v) is 8.42. The van der Waals surface area contributed by atoms with Crippen molar-refractivity contribution in [3.8, 4) is 0 Å². The van der Waals surface area contributed by atoms with Crippen LogP contribution in [0.4, 0.5) is 0 Å². The van der Waals surface area contributed by atoms with E-state index in [2.05, 4.69) is 54.7 Å². The molecule has 1 unspecified atom stereocenters. The molecule has 0 saturated heterocycles. The Hall–Kier alpha value is -1.35. The molecule has 0 saturated carbocycles. The van der Waals surface area contributed by atoms with E-state index in [0.717, 1.165) is 18.0 Å². The van der Waals surface area contributed by atoms with Gasteiger partial charge in [-0.2, -0.15) is 0 Å². The largest absolute Gasteiger partial charge is 0.309 e. The van der Waals surface area contributed by atoms with Crippen LogP contribution in [-0.4, -0.2) is 6.54 Å². The lowest BCUT2D eigenvalue weighted by Gasteiger charge is -2.16. The number of rotatable bonds is 5. The zero-order valence-corrected chi connectivity index (χ0v) is 13.5. The maximum absolute atomic E-state index is 6.10. The van der Waals surface area contributed by atoms with Crippen molar-refractivity contribution in [3.05, 3.63) is 70.1 Å². The topological polar surface area (TPSA) is 12.0 Å². The lowest BCUT2D eigenvalue weighted by Crippen LogP contribution is -2.22. The Kier molecular flexibility index (Phi) is 4.59. The Morgan fingerprint density at radius 3 is 2.71 bits per heavy atom. The fraction of sp³-hybridized carbons (Fsp3) is 0.222. The molecular weight excluding hydrogens is 298 g/mol. The van der Waals surface area contributed by atoms with Gasteiger partial charge in [-0.1, -0.05) is 48.9 Å². The summed E-state index contributed by atoms with van der Waals surface area (Å²) in [6, 6.07) is 19.3. The first-order valence-electron chi connectivity index (χ1n) is 7.22. The maximum Gasteiger partial charge on any atom is 0.0456 e. The average Bonchev–Trinajstić information content (AvgIpc) is 2.91. The zero-order chi connectivity index (χ0) is 14.7. The summed E-state index contributed by atoms with van der Waals surface area (Å²) < 4.78 is 1.35. The quantitative estimate of drug-likeness (QED) is 0.660. The summed E-state index contributed by atoms with van der Waals surface area (Å²) in [6.45, 7) is 3.11. The van der Waals surface area contributed by atoms with Crippen LogP contribution in [0.5, 0.6) is 0 Å². The van der Waals surface area contributed by atoms with Gasteiger partial charge in [0.15, 0.2) is 0 Å². The van der Waals surface area contributed by atoms with Crippen LogP contribution in [0.25, 0.3) is 10.1 Å². The molecule has 0 spiro atoms. The second kappa shape index (κ2) is 6.61. The highest BCUT2D eigenvalue weighted by Gasteiger charge is 2.14. The normalized spacial score (nSPS) is 12.7. The van der Waals surface area contributed by atoms with E-state index in [9.17, 15) is 0 Å². The van der Waals surface area contributed by atoms with Crippen LogP contribution in [0.2, 0.25) is 5.02 Å². The van der Waals surface area contributed by atoms with Crippen LogP contribution in [0.1, 0.15) is 23.4 Å². The molecule has 3 rings (SSSR count). The number of hydrogen-bond acceptors (Lipinski definition) is 2. The second-order valence-electron chi connectivity index (χ2n) is 5.13. The average molecular weight is 316 g/mol. The van der Waals surface area contributed by atoms with E-state index in [4.69, 9.17) is 11.6 Å². The van der Waals surface area contributed by atoms with Crippen LogP contribution >= 0.6 is 22.9 Å². The summed E-state index contributed by atoms with van der Waals surface area (Å²) in [5.41, 5.74) is 1.27. The van der Waals surface area contributed by atoms with E-state index in [-0.39, 0.29) is 0 Å². The minimum Gasteiger partial charge on any atom is -0.309 e. The summed E-state index contributed by atoms with van der Waals surface area (Å²) >= 11 is 7.97. The van der Waals surface area contributed by atoms with Crippen LogP contribution in [0, 0.1) is 0 Å². The van der Waals surface area contributed by atoms with E-state index >= 15 is 0 Å². The first-order chi connectivity index (χ1) is 10.3. The van der Waals surface area contributed by atoms with Gasteiger partial charge in [0.1, 0.15) is 0 Å². The van der Waals surface area contributed by atoms with Crippen molar-refractivity contribution in [3.63, 3.8) is 0 Å². The van der Waals surface area contributed by atoms with Crippen molar-refractivity contribution < 1.29 is 0 Å². The molecule has 21 heavy (non-hydrogen) atoms. The lowest BCUT2D eigenvalue weighted by molar-refractivity contribution is 0.558. The molecule has 108 valence electrons. The molecule has 0 radical (unpaired) electrons. The molecule has 1 atom stereocenters. The number of likely N-dealkylation sites (N-methyl/N-ethyl adjacent to an activating group) is 1. The molecule has 2 aromatic carbocycles. The monoisotopic (exact) mass is 315 g/mol. The summed E-state index contributed by atoms with van der Waals surface area (Å²) in [6.07, 6.45) is 0.960. The number of thiophene rings is 1. The molecule has 1 nitrogen and oxygen atoms in total. The Bertz CT molecular complexity index is 702. The molecule has 1 heterocycles. The minimum atomic E-state index is 0.339. The molecule has 3 heteroatoms. The van der Waals surface area contributed by atoms with E-state index < -0.39 is 0 Å². The third kappa shape index (κ3) is 3.46. The van der Waals surface area contributed by atoms with Crippen molar-refractivity contribution in [2.45, 2.75) is 19.4 Å². The fourth-order valence-electron chi connectivity index (χ4n) is 2.59. The molecule has 0 aliphatic carbocycles. The van der Waals surface area contributed by atoms with Crippen LogP contribution in [0.3, 0.4) is 0 Å². The van der Waals surface area contributed by atoms with Gasteiger partial charge in [-0.05, 0) is 48.2 Å². The van der Waals surface area contributed by atoms with E-state index in [0.29, 0.717) is 6.04 Å². The smallest absolute Gasteiger partial charge is 0.0456 e. The Morgan fingerprint density at radius 1 is 1.10 bits per heavy atom. The Balaban J connectivity index is 1.90. The predicted octanol–water partition coefficient (Wildman–Crippen LogP) is 5.45. The van der Waals surface area contributed by atoms with Crippen molar-refractivity contribution >= 4 is 33.0 Å². The highest BCUT2D eigenvalue weighted by Crippen LogP contribution is 2.31. The highest BCUT2D eigenvalue weighted by atomic mass is 35.5. The van der Waals surface area contributed by atoms with Crippen LogP contribution < -0.4 is 5.32 Å². The van der Waals surface area contributed by atoms with Gasteiger partial charge >= 0.3 is 0 Å². The van der Waals surface area contributed by atoms with E-state index in [1.807, 2.05) is 23.5 Å². The second-order valence-corrected chi connectivity index (χ2v) is 6.68.